The van der Waals surface area contributed by atoms with Crippen molar-refractivity contribution in [2.75, 3.05) is 13.1 Å². The van der Waals surface area contributed by atoms with Crippen molar-refractivity contribution < 1.29 is 9.72 Å². The van der Waals surface area contributed by atoms with E-state index in [1.54, 1.807) is 0 Å². The number of hydrogen-bond donors (Lipinski definition) is 2. The minimum Gasteiger partial charge on any atom is -0.349 e. The normalized spacial score (nSPS) is 16.2. The average molecular weight is 421 g/mol. The number of hydrogen-bond acceptors (Lipinski definition) is 5. The van der Waals surface area contributed by atoms with E-state index in [0.717, 1.165) is 19.4 Å². The Morgan fingerprint density at radius 3 is 2.69 bits per heavy atom. The van der Waals surface area contributed by atoms with Crippen LogP contribution in [0.2, 0.25) is 10.0 Å². The zero-order valence-electron chi connectivity index (χ0n) is 13.4. The number of nitrogens with zero attached hydrogens (tertiary/aromatic N) is 3. The van der Waals surface area contributed by atoms with Gasteiger partial charge < -0.3 is 10.6 Å². The summed E-state index contributed by atoms with van der Waals surface area (Å²) in [5.74, 6) is -0.304. The quantitative estimate of drug-likeness (QED) is 0.572. The SMILES string of the molecule is Cl.O=C(NCC1CCCN1)c1ccn(-c2c(Cl)cc([N+](=O)[O-])cc2Cl)n1. The van der Waals surface area contributed by atoms with Crippen LogP contribution >= 0.6 is 35.6 Å². The summed E-state index contributed by atoms with van der Waals surface area (Å²) in [7, 11) is 0. The van der Waals surface area contributed by atoms with Crippen LogP contribution in [-0.4, -0.2) is 39.7 Å². The lowest BCUT2D eigenvalue weighted by Gasteiger charge is -2.10. The summed E-state index contributed by atoms with van der Waals surface area (Å²) in [6.07, 6.45) is 3.66. The van der Waals surface area contributed by atoms with Crippen LogP contribution in [0.15, 0.2) is 24.4 Å². The van der Waals surface area contributed by atoms with Crippen molar-refractivity contribution in [2.45, 2.75) is 18.9 Å². The lowest BCUT2D eigenvalue weighted by atomic mass is 10.2. The first-order chi connectivity index (χ1) is 12.0. The van der Waals surface area contributed by atoms with Crippen LogP contribution in [0.4, 0.5) is 5.69 Å². The van der Waals surface area contributed by atoms with E-state index in [0.29, 0.717) is 6.54 Å². The Morgan fingerprint density at radius 1 is 1.42 bits per heavy atom. The van der Waals surface area contributed by atoms with Crippen LogP contribution in [0.1, 0.15) is 23.3 Å². The standard InChI is InChI=1S/C15H15Cl2N5O3.ClH/c16-11-6-10(22(24)25)7-12(17)14(11)21-5-3-13(20-21)15(23)19-8-9-2-1-4-18-9;/h3,5-7,9,18H,1-2,4,8H2,(H,19,23);1H. The third-order valence-corrected chi connectivity index (χ3v) is 4.51. The van der Waals surface area contributed by atoms with Crippen LogP contribution in [0.25, 0.3) is 5.69 Å². The molecule has 140 valence electrons. The van der Waals surface area contributed by atoms with Crippen LogP contribution in [0.3, 0.4) is 0 Å². The van der Waals surface area contributed by atoms with Gasteiger partial charge in [-0.1, -0.05) is 23.2 Å². The molecule has 1 aliphatic rings. The molecule has 1 aliphatic heterocycles. The van der Waals surface area contributed by atoms with E-state index < -0.39 is 4.92 Å². The van der Waals surface area contributed by atoms with Gasteiger partial charge in [0.05, 0.1) is 15.0 Å². The summed E-state index contributed by atoms with van der Waals surface area (Å²) in [6.45, 7) is 1.50. The number of non-ortho nitro benzene ring substituents is 1. The topological polar surface area (TPSA) is 102 Å². The molecule has 2 heterocycles. The van der Waals surface area contributed by atoms with Crippen molar-refractivity contribution in [1.29, 1.82) is 0 Å². The minimum absolute atomic E-state index is 0. The molecule has 2 aromatic rings. The molecule has 1 aromatic carbocycles. The Bertz CT molecular complexity index is 798. The van der Waals surface area contributed by atoms with Gasteiger partial charge >= 0.3 is 0 Å². The van der Waals surface area contributed by atoms with Gasteiger partial charge in [-0.3, -0.25) is 14.9 Å². The Balaban J connectivity index is 0.00000243. The zero-order chi connectivity index (χ0) is 18.0. The molecule has 8 nitrogen and oxygen atoms in total. The van der Waals surface area contributed by atoms with E-state index in [1.807, 2.05) is 0 Å². The first-order valence-corrected chi connectivity index (χ1v) is 8.42. The maximum atomic E-state index is 12.2. The molecule has 1 unspecified atom stereocenters. The third-order valence-electron chi connectivity index (χ3n) is 3.93. The van der Waals surface area contributed by atoms with Crippen LogP contribution in [0, 0.1) is 10.1 Å². The second-order valence-electron chi connectivity index (χ2n) is 5.66. The van der Waals surface area contributed by atoms with Crippen LogP contribution in [-0.2, 0) is 0 Å². The smallest absolute Gasteiger partial charge is 0.272 e. The first kappa shape index (κ1) is 20.4. The molecule has 0 bridgehead atoms. The number of halogens is 3. The van der Waals surface area contributed by atoms with Gasteiger partial charge in [0.2, 0.25) is 0 Å². The van der Waals surface area contributed by atoms with Gasteiger partial charge in [0, 0.05) is 30.9 Å². The predicted molar refractivity (Wildman–Crippen MR) is 101 cm³/mol. The maximum Gasteiger partial charge on any atom is 0.272 e. The molecule has 1 saturated heterocycles. The minimum atomic E-state index is -0.583. The highest BCUT2D eigenvalue weighted by atomic mass is 35.5. The van der Waals surface area contributed by atoms with Gasteiger partial charge in [-0.2, -0.15) is 5.10 Å². The highest BCUT2D eigenvalue weighted by Gasteiger charge is 2.19. The maximum absolute atomic E-state index is 12.2. The summed E-state index contributed by atoms with van der Waals surface area (Å²) in [6, 6.07) is 4.20. The number of rotatable bonds is 5. The number of benzene rings is 1. The highest BCUT2D eigenvalue weighted by Crippen LogP contribution is 2.32. The Labute approximate surface area is 165 Å². The molecule has 1 fully saturated rings. The van der Waals surface area contributed by atoms with Crippen molar-refractivity contribution in [3.63, 3.8) is 0 Å². The zero-order valence-corrected chi connectivity index (χ0v) is 15.8. The van der Waals surface area contributed by atoms with Crippen LogP contribution < -0.4 is 10.6 Å². The highest BCUT2D eigenvalue weighted by molar-refractivity contribution is 6.38. The van der Waals surface area contributed by atoms with Crippen molar-refractivity contribution in [1.82, 2.24) is 20.4 Å². The van der Waals surface area contributed by atoms with Gasteiger partial charge in [-0.05, 0) is 25.5 Å². The molecule has 0 aliphatic carbocycles. The van der Waals surface area contributed by atoms with Gasteiger partial charge in [0.25, 0.3) is 11.6 Å². The summed E-state index contributed by atoms with van der Waals surface area (Å²) >= 11 is 12.2. The molecular formula is C15H16Cl3N5O3. The van der Waals surface area contributed by atoms with E-state index >= 15 is 0 Å². The number of nitro benzene ring substituents is 1. The van der Waals surface area contributed by atoms with Gasteiger partial charge in [0.15, 0.2) is 5.69 Å². The summed E-state index contributed by atoms with van der Waals surface area (Å²) in [5.41, 5.74) is 0.280. The fraction of sp³-hybridized carbons (Fsp3) is 0.333. The van der Waals surface area contributed by atoms with Crippen molar-refractivity contribution in [2.24, 2.45) is 0 Å². The molecule has 2 N–H and O–H groups in total. The summed E-state index contributed by atoms with van der Waals surface area (Å²) in [5, 5.41) is 21.3. The number of aromatic nitrogens is 2. The molecule has 0 radical (unpaired) electrons. The number of carbonyl (C=O) groups is 1. The molecule has 1 atom stereocenters. The molecular weight excluding hydrogens is 405 g/mol. The lowest BCUT2D eigenvalue weighted by molar-refractivity contribution is -0.384. The van der Waals surface area contributed by atoms with E-state index in [1.165, 1.54) is 29.1 Å². The Hall–Kier alpha value is -1.87. The molecule has 1 amide bonds. The molecule has 3 rings (SSSR count). The molecule has 11 heteroatoms. The second kappa shape index (κ2) is 8.68. The molecule has 26 heavy (non-hydrogen) atoms. The van der Waals surface area contributed by atoms with E-state index in [-0.39, 0.29) is 51.5 Å². The number of amides is 1. The number of nitrogens with one attached hydrogen (secondary N) is 2. The summed E-state index contributed by atoms with van der Waals surface area (Å²) in [4.78, 5) is 22.4. The van der Waals surface area contributed by atoms with Crippen LogP contribution in [0.5, 0.6) is 0 Å². The lowest BCUT2D eigenvalue weighted by Crippen LogP contribution is -2.37. The van der Waals surface area contributed by atoms with Gasteiger partial charge in [-0.15, -0.1) is 12.4 Å². The summed E-state index contributed by atoms with van der Waals surface area (Å²) < 4.78 is 1.33. The van der Waals surface area contributed by atoms with Crippen molar-refractivity contribution in [3.8, 4) is 5.69 Å². The fourth-order valence-corrected chi connectivity index (χ4v) is 3.33. The van der Waals surface area contributed by atoms with E-state index in [2.05, 4.69) is 15.7 Å². The largest absolute Gasteiger partial charge is 0.349 e. The predicted octanol–water partition coefficient (Wildman–Crippen LogP) is 2.99. The Kier molecular flexibility index (Phi) is 6.82. The fourth-order valence-electron chi connectivity index (χ4n) is 2.68. The van der Waals surface area contributed by atoms with E-state index in [4.69, 9.17) is 23.2 Å². The monoisotopic (exact) mass is 419 g/mol. The Morgan fingerprint density at radius 2 is 2.12 bits per heavy atom. The van der Waals surface area contributed by atoms with Gasteiger partial charge in [-0.25, -0.2) is 4.68 Å². The second-order valence-corrected chi connectivity index (χ2v) is 6.48. The first-order valence-electron chi connectivity index (χ1n) is 7.67. The number of carbonyl (C=O) groups excluding carboxylic acids is 1. The number of nitro groups is 1. The van der Waals surface area contributed by atoms with Crippen molar-refractivity contribution in [3.05, 3.63) is 50.2 Å². The average Bonchev–Trinajstić information content (AvgIpc) is 3.23. The molecule has 0 saturated carbocycles. The van der Waals surface area contributed by atoms with Crippen molar-refractivity contribution >= 4 is 47.2 Å². The molecule has 0 spiro atoms. The molecule has 1 aromatic heterocycles. The third kappa shape index (κ3) is 4.45. The van der Waals surface area contributed by atoms with Gasteiger partial charge in [0.1, 0.15) is 5.69 Å². The van der Waals surface area contributed by atoms with E-state index in [9.17, 15) is 14.9 Å².